The maximum absolute atomic E-state index is 12.8. The zero-order valence-corrected chi connectivity index (χ0v) is 16.2. The molecule has 9 nitrogen and oxygen atoms in total. The highest BCUT2D eigenvalue weighted by Crippen LogP contribution is 2.27. The van der Waals surface area contributed by atoms with Gasteiger partial charge in [0.05, 0.1) is 12.0 Å². The molecule has 0 spiro atoms. The molecule has 148 valence electrons. The summed E-state index contributed by atoms with van der Waals surface area (Å²) in [4.78, 5) is 31.9. The zero-order valence-electron chi connectivity index (χ0n) is 15.4. The number of aryl methyl sites for hydroxylation is 1. The fourth-order valence-corrected chi connectivity index (χ4v) is 5.12. The molecule has 0 aliphatic carbocycles. The lowest BCUT2D eigenvalue weighted by molar-refractivity contribution is -0.116. The van der Waals surface area contributed by atoms with E-state index in [1.165, 1.54) is 21.7 Å². The van der Waals surface area contributed by atoms with Gasteiger partial charge in [0, 0.05) is 32.4 Å². The monoisotopic (exact) mass is 403 g/mol. The third-order valence-corrected chi connectivity index (χ3v) is 6.94. The van der Waals surface area contributed by atoms with E-state index < -0.39 is 10.0 Å². The molecule has 1 aromatic carbocycles. The number of urea groups is 1. The molecule has 2 saturated heterocycles. The van der Waals surface area contributed by atoms with Gasteiger partial charge in [-0.15, -0.1) is 0 Å². The lowest BCUT2D eigenvalue weighted by Gasteiger charge is -2.35. The summed E-state index contributed by atoms with van der Waals surface area (Å²) in [5.74, 6) is -0.264. The van der Waals surface area contributed by atoms with Crippen LogP contribution in [-0.2, 0) is 21.9 Å². The standard InChI is InChI=1S/C18H21N5O4S/c1-20-11-16(19-13-20)28(26,27)21-9-7-14(8-10-21)22-12-17(24)23(18(22)25)15-5-3-2-4-6-15/h2-6,11,13-14H,7-10,12H2,1H3. The van der Waals surface area contributed by atoms with Crippen molar-refractivity contribution in [1.82, 2.24) is 18.8 Å². The minimum atomic E-state index is -3.65. The number of sulfonamides is 1. The molecule has 1 aromatic heterocycles. The predicted octanol–water partition coefficient (Wildman–Crippen LogP) is 1.04. The molecular formula is C18H21N5O4S. The number of amides is 3. The van der Waals surface area contributed by atoms with Crippen LogP contribution in [-0.4, -0.2) is 64.8 Å². The van der Waals surface area contributed by atoms with E-state index in [0.29, 0.717) is 18.5 Å². The Hall–Kier alpha value is -2.72. The molecule has 0 saturated carbocycles. The number of hydrogen-bond donors (Lipinski definition) is 0. The Bertz CT molecular complexity index is 996. The number of imide groups is 1. The van der Waals surface area contributed by atoms with E-state index in [1.54, 1.807) is 40.8 Å². The summed E-state index contributed by atoms with van der Waals surface area (Å²) in [6.07, 6.45) is 3.88. The second-order valence-corrected chi connectivity index (χ2v) is 8.87. The van der Waals surface area contributed by atoms with E-state index in [4.69, 9.17) is 0 Å². The number of carbonyl (C=O) groups excluding carboxylic acids is 2. The highest BCUT2D eigenvalue weighted by molar-refractivity contribution is 7.89. The summed E-state index contributed by atoms with van der Waals surface area (Å²) in [7, 11) is -1.93. The smallest absolute Gasteiger partial charge is 0.332 e. The molecule has 28 heavy (non-hydrogen) atoms. The molecule has 0 N–H and O–H groups in total. The molecule has 0 unspecified atom stereocenters. The van der Waals surface area contributed by atoms with Crippen molar-refractivity contribution in [2.75, 3.05) is 24.5 Å². The summed E-state index contributed by atoms with van der Waals surface area (Å²) in [5.41, 5.74) is 0.551. The molecule has 0 radical (unpaired) electrons. The Kier molecular flexibility index (Phi) is 4.68. The molecule has 0 bridgehead atoms. The molecule has 4 rings (SSSR count). The Morgan fingerprint density at radius 1 is 1.07 bits per heavy atom. The van der Waals surface area contributed by atoms with Crippen molar-refractivity contribution in [3.63, 3.8) is 0 Å². The van der Waals surface area contributed by atoms with E-state index in [1.807, 2.05) is 6.07 Å². The highest BCUT2D eigenvalue weighted by Gasteiger charge is 2.42. The molecule has 3 heterocycles. The Morgan fingerprint density at radius 2 is 1.75 bits per heavy atom. The van der Waals surface area contributed by atoms with Crippen LogP contribution in [0.2, 0.25) is 0 Å². The van der Waals surface area contributed by atoms with Crippen LogP contribution >= 0.6 is 0 Å². The maximum atomic E-state index is 12.8. The van der Waals surface area contributed by atoms with E-state index in [-0.39, 0.29) is 42.6 Å². The number of imidazole rings is 1. The van der Waals surface area contributed by atoms with Crippen LogP contribution in [0.15, 0.2) is 47.9 Å². The third kappa shape index (κ3) is 3.18. The third-order valence-electron chi connectivity index (χ3n) is 5.16. The van der Waals surface area contributed by atoms with E-state index >= 15 is 0 Å². The second-order valence-electron chi connectivity index (χ2n) is 6.99. The van der Waals surface area contributed by atoms with E-state index in [2.05, 4.69) is 4.98 Å². The minimum absolute atomic E-state index is 0.0192. The number of rotatable bonds is 4. The number of anilines is 1. The van der Waals surface area contributed by atoms with Gasteiger partial charge >= 0.3 is 6.03 Å². The Labute approximate surface area is 163 Å². The van der Waals surface area contributed by atoms with Crippen molar-refractivity contribution in [1.29, 1.82) is 0 Å². The summed E-state index contributed by atoms with van der Waals surface area (Å²) in [5, 5.41) is 0.0242. The van der Waals surface area contributed by atoms with Crippen LogP contribution in [0.5, 0.6) is 0 Å². The van der Waals surface area contributed by atoms with Crippen LogP contribution in [0, 0.1) is 0 Å². The molecule has 2 aromatic rings. The number of hydrogen-bond acceptors (Lipinski definition) is 5. The predicted molar refractivity (Wildman–Crippen MR) is 101 cm³/mol. The fraction of sp³-hybridized carbons (Fsp3) is 0.389. The molecule has 0 atom stereocenters. The van der Waals surface area contributed by atoms with Crippen molar-refractivity contribution in [3.05, 3.63) is 42.9 Å². The Morgan fingerprint density at radius 3 is 2.36 bits per heavy atom. The summed E-state index contributed by atoms with van der Waals surface area (Å²) < 4.78 is 28.4. The number of aromatic nitrogens is 2. The van der Waals surface area contributed by atoms with E-state index in [9.17, 15) is 18.0 Å². The first-order chi connectivity index (χ1) is 13.4. The molecule has 2 fully saturated rings. The summed E-state index contributed by atoms with van der Waals surface area (Å²) in [6.45, 7) is 0.588. The quantitative estimate of drug-likeness (QED) is 0.711. The molecule has 2 aliphatic heterocycles. The molecular weight excluding hydrogens is 382 g/mol. The SMILES string of the molecule is Cn1cnc(S(=O)(=O)N2CCC(N3CC(=O)N(c4ccccc4)C3=O)CC2)c1. The van der Waals surface area contributed by atoms with Crippen molar-refractivity contribution in [3.8, 4) is 0 Å². The lowest BCUT2D eigenvalue weighted by Crippen LogP contribution is -2.48. The highest BCUT2D eigenvalue weighted by atomic mass is 32.2. The Balaban J connectivity index is 1.44. The normalized spacial score (nSPS) is 19.6. The van der Waals surface area contributed by atoms with Gasteiger partial charge in [-0.3, -0.25) is 4.79 Å². The van der Waals surface area contributed by atoms with Gasteiger partial charge in [-0.25, -0.2) is 23.1 Å². The second kappa shape index (κ2) is 7.02. The largest absolute Gasteiger partial charge is 0.339 e. The van der Waals surface area contributed by atoms with Crippen LogP contribution < -0.4 is 4.90 Å². The van der Waals surface area contributed by atoms with Gasteiger partial charge in [0.25, 0.3) is 15.9 Å². The van der Waals surface area contributed by atoms with Gasteiger partial charge < -0.3 is 9.47 Å². The number of para-hydroxylation sites is 1. The van der Waals surface area contributed by atoms with Crippen molar-refractivity contribution >= 4 is 27.6 Å². The molecule has 3 amide bonds. The lowest BCUT2D eigenvalue weighted by atomic mass is 10.1. The van der Waals surface area contributed by atoms with Gasteiger partial charge in [-0.1, -0.05) is 18.2 Å². The van der Waals surface area contributed by atoms with Crippen molar-refractivity contribution in [2.45, 2.75) is 23.9 Å². The number of piperidine rings is 1. The van der Waals surface area contributed by atoms with Gasteiger partial charge in [0.1, 0.15) is 6.54 Å². The number of carbonyl (C=O) groups is 2. The first-order valence-corrected chi connectivity index (χ1v) is 10.5. The van der Waals surface area contributed by atoms with E-state index in [0.717, 1.165) is 0 Å². The summed E-state index contributed by atoms with van der Waals surface area (Å²) in [6, 6.07) is 8.31. The van der Waals surface area contributed by atoms with Crippen molar-refractivity contribution < 1.29 is 18.0 Å². The first-order valence-electron chi connectivity index (χ1n) is 9.04. The van der Waals surface area contributed by atoms with Crippen molar-refractivity contribution in [2.24, 2.45) is 7.05 Å². The van der Waals surface area contributed by atoms with Crippen LogP contribution in [0.1, 0.15) is 12.8 Å². The van der Waals surface area contributed by atoms with Gasteiger partial charge in [0.15, 0.2) is 5.03 Å². The molecule has 2 aliphatic rings. The van der Waals surface area contributed by atoms with Crippen LogP contribution in [0.4, 0.5) is 10.5 Å². The van der Waals surface area contributed by atoms with Crippen LogP contribution in [0.3, 0.4) is 0 Å². The molecule has 10 heteroatoms. The van der Waals surface area contributed by atoms with Gasteiger partial charge in [-0.2, -0.15) is 4.31 Å². The average Bonchev–Trinajstić information content (AvgIpc) is 3.26. The summed E-state index contributed by atoms with van der Waals surface area (Å²) >= 11 is 0. The first kappa shape index (κ1) is 18.6. The maximum Gasteiger partial charge on any atom is 0.332 e. The van der Waals surface area contributed by atoms with Gasteiger partial charge in [0.2, 0.25) is 0 Å². The topological polar surface area (TPSA) is 95.8 Å². The average molecular weight is 403 g/mol. The minimum Gasteiger partial charge on any atom is -0.339 e. The fourth-order valence-electron chi connectivity index (χ4n) is 3.68. The number of benzene rings is 1. The van der Waals surface area contributed by atoms with Gasteiger partial charge in [-0.05, 0) is 25.0 Å². The number of nitrogens with zero attached hydrogens (tertiary/aromatic N) is 5. The zero-order chi connectivity index (χ0) is 19.9. The van der Waals surface area contributed by atoms with Crippen LogP contribution in [0.25, 0.3) is 0 Å².